The molecule has 1 aliphatic heterocycles. The van der Waals surface area contributed by atoms with Crippen molar-refractivity contribution in [2.45, 2.75) is 26.9 Å². The Morgan fingerprint density at radius 1 is 1.06 bits per heavy atom. The number of alkyl halides is 3. The number of nitro benzene ring substituents is 1. The fourth-order valence-corrected chi connectivity index (χ4v) is 3.93. The van der Waals surface area contributed by atoms with Crippen LogP contribution in [0, 0.1) is 30.9 Å². The van der Waals surface area contributed by atoms with Crippen LogP contribution in [0.5, 0.6) is 5.75 Å². The standard InChI is InChI=1S/C22H24F3N3O4/c1-14-10-15(2)21(16(3)11-14)32-13-20(29)27-8-6-26(7-9-27)18-5-4-17(22(23,24)25)12-19(18)28(30)31/h4-5,10-12H,6-9,13H2,1-3H3. The highest BCUT2D eigenvalue weighted by Gasteiger charge is 2.34. The van der Waals surface area contributed by atoms with Crippen LogP contribution in [-0.4, -0.2) is 48.5 Å². The first-order chi connectivity index (χ1) is 15.0. The maximum atomic E-state index is 12.9. The number of benzene rings is 2. The zero-order chi connectivity index (χ0) is 23.6. The summed E-state index contributed by atoms with van der Waals surface area (Å²) >= 11 is 0. The summed E-state index contributed by atoms with van der Waals surface area (Å²) in [5.41, 5.74) is 1.42. The van der Waals surface area contributed by atoms with Crippen LogP contribution in [-0.2, 0) is 11.0 Å². The van der Waals surface area contributed by atoms with E-state index in [1.54, 1.807) is 9.80 Å². The maximum absolute atomic E-state index is 12.9. The molecule has 0 atom stereocenters. The van der Waals surface area contributed by atoms with Crippen LogP contribution in [0.3, 0.4) is 0 Å². The van der Waals surface area contributed by atoms with Gasteiger partial charge >= 0.3 is 6.18 Å². The Balaban J connectivity index is 1.64. The second-order valence-electron chi connectivity index (χ2n) is 7.84. The minimum Gasteiger partial charge on any atom is -0.483 e. The van der Waals surface area contributed by atoms with Crippen LogP contribution in [0.15, 0.2) is 30.3 Å². The largest absolute Gasteiger partial charge is 0.483 e. The van der Waals surface area contributed by atoms with E-state index in [4.69, 9.17) is 4.74 Å². The first-order valence-corrected chi connectivity index (χ1v) is 10.1. The molecule has 7 nitrogen and oxygen atoms in total. The number of nitro groups is 1. The van der Waals surface area contributed by atoms with Crippen LogP contribution < -0.4 is 9.64 Å². The minimum absolute atomic E-state index is 0.109. The van der Waals surface area contributed by atoms with Crippen molar-refractivity contribution < 1.29 is 27.6 Å². The number of ether oxygens (including phenoxy) is 1. The summed E-state index contributed by atoms with van der Waals surface area (Å²) in [7, 11) is 0. The molecule has 0 unspecified atom stereocenters. The van der Waals surface area contributed by atoms with E-state index in [9.17, 15) is 28.1 Å². The molecule has 32 heavy (non-hydrogen) atoms. The number of carbonyl (C=O) groups excluding carboxylic acids is 1. The summed E-state index contributed by atoms with van der Waals surface area (Å²) in [5.74, 6) is 0.453. The number of hydrogen-bond acceptors (Lipinski definition) is 5. The zero-order valence-electron chi connectivity index (χ0n) is 18.0. The monoisotopic (exact) mass is 451 g/mol. The fraction of sp³-hybridized carbons (Fsp3) is 0.409. The van der Waals surface area contributed by atoms with Gasteiger partial charge in [0.25, 0.3) is 11.6 Å². The second kappa shape index (κ2) is 9.05. The van der Waals surface area contributed by atoms with Crippen molar-refractivity contribution in [1.82, 2.24) is 4.90 Å². The molecule has 1 fully saturated rings. The molecule has 0 saturated carbocycles. The number of halogens is 3. The number of nitrogens with zero attached hydrogens (tertiary/aromatic N) is 3. The lowest BCUT2D eigenvalue weighted by Crippen LogP contribution is -2.50. The Morgan fingerprint density at radius 2 is 1.66 bits per heavy atom. The molecule has 0 aromatic heterocycles. The minimum atomic E-state index is -4.66. The number of anilines is 1. The van der Waals surface area contributed by atoms with Gasteiger partial charge in [0.1, 0.15) is 11.4 Å². The molecule has 1 heterocycles. The molecule has 2 aromatic rings. The van der Waals surface area contributed by atoms with Gasteiger partial charge in [-0.05, 0) is 44.0 Å². The lowest BCUT2D eigenvalue weighted by atomic mass is 10.1. The molecule has 0 radical (unpaired) electrons. The third kappa shape index (κ3) is 5.12. The van der Waals surface area contributed by atoms with Crippen LogP contribution in [0.25, 0.3) is 0 Å². The summed E-state index contributed by atoms with van der Waals surface area (Å²) in [6.45, 7) is 6.77. The molecule has 172 valence electrons. The maximum Gasteiger partial charge on any atom is 0.416 e. The summed E-state index contributed by atoms with van der Waals surface area (Å²) in [6.07, 6.45) is -4.66. The SMILES string of the molecule is Cc1cc(C)c(OCC(=O)N2CCN(c3ccc(C(F)(F)F)cc3[N+](=O)[O-])CC2)c(C)c1. The first-order valence-electron chi connectivity index (χ1n) is 10.1. The van der Waals surface area contributed by atoms with Gasteiger partial charge < -0.3 is 14.5 Å². The number of hydrogen-bond donors (Lipinski definition) is 0. The summed E-state index contributed by atoms with van der Waals surface area (Å²) in [5, 5.41) is 11.3. The summed E-state index contributed by atoms with van der Waals surface area (Å²) in [4.78, 5) is 26.3. The topological polar surface area (TPSA) is 75.9 Å². The van der Waals surface area contributed by atoms with Gasteiger partial charge in [-0.15, -0.1) is 0 Å². The number of rotatable bonds is 5. The highest BCUT2D eigenvalue weighted by atomic mass is 19.4. The molecule has 1 amide bonds. The third-order valence-corrected chi connectivity index (χ3v) is 5.42. The van der Waals surface area contributed by atoms with E-state index >= 15 is 0 Å². The van der Waals surface area contributed by atoms with E-state index < -0.39 is 22.4 Å². The summed E-state index contributed by atoms with van der Waals surface area (Å²) in [6, 6.07) is 6.45. The quantitative estimate of drug-likeness (QED) is 0.501. The fourth-order valence-electron chi connectivity index (χ4n) is 3.93. The number of carbonyl (C=O) groups is 1. The van der Waals surface area contributed by atoms with E-state index in [-0.39, 0.29) is 44.4 Å². The molecule has 0 spiro atoms. The molecule has 1 aliphatic rings. The van der Waals surface area contributed by atoms with Crippen molar-refractivity contribution in [3.8, 4) is 5.75 Å². The van der Waals surface area contributed by atoms with E-state index in [0.29, 0.717) is 11.8 Å². The highest BCUT2D eigenvalue weighted by Crippen LogP contribution is 2.36. The number of piperazine rings is 1. The average molecular weight is 451 g/mol. The van der Waals surface area contributed by atoms with Crippen molar-refractivity contribution in [2.24, 2.45) is 0 Å². The smallest absolute Gasteiger partial charge is 0.416 e. The molecule has 0 aliphatic carbocycles. The van der Waals surface area contributed by atoms with E-state index in [1.165, 1.54) is 0 Å². The van der Waals surface area contributed by atoms with Gasteiger partial charge in [-0.25, -0.2) is 0 Å². The van der Waals surface area contributed by atoms with Crippen LogP contribution in [0.4, 0.5) is 24.5 Å². The van der Waals surface area contributed by atoms with Gasteiger partial charge in [-0.3, -0.25) is 14.9 Å². The third-order valence-electron chi connectivity index (χ3n) is 5.42. The van der Waals surface area contributed by atoms with Gasteiger partial charge in [0, 0.05) is 32.2 Å². The number of aryl methyl sites for hydroxylation is 3. The Hall–Kier alpha value is -3.30. The van der Waals surface area contributed by atoms with E-state index in [0.717, 1.165) is 28.8 Å². The summed E-state index contributed by atoms with van der Waals surface area (Å²) < 4.78 is 44.5. The highest BCUT2D eigenvalue weighted by molar-refractivity contribution is 5.78. The van der Waals surface area contributed by atoms with Crippen molar-refractivity contribution in [3.63, 3.8) is 0 Å². The molecule has 0 N–H and O–H groups in total. The van der Waals surface area contributed by atoms with Crippen molar-refractivity contribution >= 4 is 17.3 Å². The lowest BCUT2D eigenvalue weighted by Gasteiger charge is -2.35. The molecule has 10 heteroatoms. The zero-order valence-corrected chi connectivity index (χ0v) is 18.0. The molecule has 0 bridgehead atoms. The second-order valence-corrected chi connectivity index (χ2v) is 7.84. The van der Waals surface area contributed by atoms with Crippen LogP contribution >= 0.6 is 0 Å². The van der Waals surface area contributed by atoms with E-state index in [1.807, 2.05) is 32.9 Å². The normalized spacial score (nSPS) is 14.4. The van der Waals surface area contributed by atoms with Gasteiger partial charge in [0.15, 0.2) is 6.61 Å². The predicted octanol–water partition coefficient (Wildman–Crippen LogP) is 4.27. The van der Waals surface area contributed by atoms with Crippen LogP contribution in [0.1, 0.15) is 22.3 Å². The first kappa shape index (κ1) is 23.4. The van der Waals surface area contributed by atoms with Crippen molar-refractivity contribution in [3.05, 3.63) is 62.7 Å². The molecule has 2 aromatic carbocycles. The van der Waals surface area contributed by atoms with E-state index in [2.05, 4.69) is 0 Å². The molecular weight excluding hydrogens is 427 g/mol. The van der Waals surface area contributed by atoms with Gasteiger partial charge in [0.05, 0.1) is 10.5 Å². The molecule has 1 saturated heterocycles. The Morgan fingerprint density at radius 3 is 2.19 bits per heavy atom. The van der Waals surface area contributed by atoms with Crippen molar-refractivity contribution in [2.75, 3.05) is 37.7 Å². The van der Waals surface area contributed by atoms with Gasteiger partial charge in [-0.1, -0.05) is 17.7 Å². The molecular formula is C22H24F3N3O4. The van der Waals surface area contributed by atoms with Crippen molar-refractivity contribution in [1.29, 1.82) is 0 Å². The Bertz CT molecular complexity index is 1010. The molecule has 3 rings (SSSR count). The predicted molar refractivity (Wildman–Crippen MR) is 113 cm³/mol. The number of amides is 1. The van der Waals surface area contributed by atoms with Gasteiger partial charge in [0.2, 0.25) is 0 Å². The van der Waals surface area contributed by atoms with Gasteiger partial charge in [-0.2, -0.15) is 13.2 Å². The Labute approximate surface area is 183 Å². The lowest BCUT2D eigenvalue weighted by molar-refractivity contribution is -0.384. The van der Waals surface area contributed by atoms with Crippen LogP contribution in [0.2, 0.25) is 0 Å². The average Bonchev–Trinajstić information content (AvgIpc) is 2.71. The Kier molecular flexibility index (Phi) is 6.61.